The molecule has 0 amide bonds. The summed E-state index contributed by atoms with van der Waals surface area (Å²) in [6.45, 7) is 0. The minimum absolute atomic E-state index is 0.0466. The molecule has 1 fully saturated rings. The monoisotopic (exact) mass is 305 g/mol. The van der Waals surface area contributed by atoms with Crippen molar-refractivity contribution >= 4 is 25.8 Å². The molecule has 1 aliphatic rings. The van der Waals surface area contributed by atoms with Crippen molar-refractivity contribution in [2.75, 3.05) is 11.5 Å². The van der Waals surface area contributed by atoms with Gasteiger partial charge in [0.2, 0.25) is 5.88 Å². The third kappa shape index (κ3) is 2.95. The van der Waals surface area contributed by atoms with Gasteiger partial charge in [0.05, 0.1) is 16.0 Å². The molecule has 1 saturated heterocycles. The number of pyridine rings is 1. The molecule has 0 bridgehead atoms. The van der Waals surface area contributed by atoms with Crippen molar-refractivity contribution in [3.05, 3.63) is 22.8 Å². The summed E-state index contributed by atoms with van der Waals surface area (Å²) in [4.78, 5) is 4.09. The zero-order valence-corrected chi connectivity index (χ0v) is 11.0. The van der Waals surface area contributed by atoms with E-state index in [0.29, 0.717) is 18.7 Å². The summed E-state index contributed by atoms with van der Waals surface area (Å²) in [6, 6.07) is 3.66. The minimum Gasteiger partial charge on any atom is -0.473 e. The van der Waals surface area contributed by atoms with Gasteiger partial charge in [-0.25, -0.2) is 13.4 Å². The molecule has 0 radical (unpaired) electrons. The van der Waals surface area contributed by atoms with E-state index >= 15 is 0 Å². The van der Waals surface area contributed by atoms with Gasteiger partial charge in [-0.2, -0.15) is 0 Å². The van der Waals surface area contributed by atoms with Crippen LogP contribution in [0, 0.1) is 0 Å². The van der Waals surface area contributed by atoms with Gasteiger partial charge in [-0.1, -0.05) is 0 Å². The van der Waals surface area contributed by atoms with Gasteiger partial charge in [0.15, 0.2) is 9.84 Å². The van der Waals surface area contributed by atoms with Gasteiger partial charge < -0.3 is 4.74 Å². The molecule has 1 aliphatic heterocycles. The fourth-order valence-electron chi connectivity index (χ4n) is 1.60. The fourth-order valence-corrected chi connectivity index (χ4v) is 3.40. The van der Waals surface area contributed by atoms with Crippen molar-refractivity contribution in [2.24, 2.45) is 0 Å². The lowest BCUT2D eigenvalue weighted by atomic mass is 10.2. The highest BCUT2D eigenvalue weighted by molar-refractivity contribution is 9.10. The van der Waals surface area contributed by atoms with Crippen molar-refractivity contribution in [3.8, 4) is 5.88 Å². The lowest BCUT2D eigenvalue weighted by Crippen LogP contribution is -2.30. The number of ether oxygens (including phenoxy) is 1. The number of nitrogens with zero attached hydrogens (tertiary/aromatic N) is 1. The van der Waals surface area contributed by atoms with Crippen molar-refractivity contribution in [2.45, 2.75) is 18.9 Å². The highest BCUT2D eigenvalue weighted by Crippen LogP contribution is 2.25. The molecule has 88 valence electrons. The van der Waals surface area contributed by atoms with Crippen molar-refractivity contribution in [1.82, 2.24) is 4.98 Å². The summed E-state index contributed by atoms with van der Waals surface area (Å²) >= 11 is 3.34. The maximum absolute atomic E-state index is 11.2. The van der Waals surface area contributed by atoms with Crippen LogP contribution >= 0.6 is 15.9 Å². The molecule has 4 nitrogen and oxygen atoms in total. The van der Waals surface area contributed by atoms with Crippen LogP contribution in [0.5, 0.6) is 5.88 Å². The van der Waals surface area contributed by atoms with E-state index in [4.69, 9.17) is 4.74 Å². The van der Waals surface area contributed by atoms with E-state index in [9.17, 15) is 8.42 Å². The average molecular weight is 306 g/mol. The second kappa shape index (κ2) is 4.71. The third-order valence-electron chi connectivity index (χ3n) is 2.50. The Morgan fingerprint density at radius 3 is 2.69 bits per heavy atom. The quantitative estimate of drug-likeness (QED) is 0.836. The average Bonchev–Trinajstić information content (AvgIpc) is 2.24. The smallest absolute Gasteiger partial charge is 0.228 e. The Morgan fingerprint density at radius 2 is 2.06 bits per heavy atom. The highest BCUT2D eigenvalue weighted by Gasteiger charge is 2.25. The molecule has 0 aliphatic carbocycles. The van der Waals surface area contributed by atoms with Crippen molar-refractivity contribution in [1.29, 1.82) is 0 Å². The van der Waals surface area contributed by atoms with Crippen LogP contribution in [0.1, 0.15) is 12.8 Å². The summed E-state index contributed by atoms with van der Waals surface area (Å²) < 4.78 is 28.9. The molecule has 0 saturated carbocycles. The Labute approximate surface area is 103 Å². The largest absolute Gasteiger partial charge is 0.473 e. The van der Waals surface area contributed by atoms with Gasteiger partial charge in [0.25, 0.3) is 0 Å². The molecule has 6 heteroatoms. The van der Waals surface area contributed by atoms with Crippen LogP contribution in [-0.4, -0.2) is 31.0 Å². The number of hydrogen-bond acceptors (Lipinski definition) is 4. The Hall–Kier alpha value is -0.620. The number of rotatable bonds is 2. The van der Waals surface area contributed by atoms with Crippen LogP contribution in [-0.2, 0) is 9.84 Å². The zero-order chi connectivity index (χ0) is 11.6. The Kier molecular flexibility index (Phi) is 3.49. The van der Waals surface area contributed by atoms with Gasteiger partial charge in [0.1, 0.15) is 6.10 Å². The summed E-state index contributed by atoms with van der Waals surface area (Å²) in [5, 5.41) is 0. The molecule has 2 heterocycles. The van der Waals surface area contributed by atoms with E-state index in [0.717, 1.165) is 4.47 Å². The summed E-state index contributed by atoms with van der Waals surface area (Å²) in [5.41, 5.74) is 0. The van der Waals surface area contributed by atoms with Gasteiger partial charge in [-0.15, -0.1) is 0 Å². The molecule has 0 unspecified atom stereocenters. The number of halogens is 1. The van der Waals surface area contributed by atoms with Gasteiger partial charge in [0, 0.05) is 6.20 Å². The third-order valence-corrected chi connectivity index (χ3v) is 4.82. The van der Waals surface area contributed by atoms with Crippen LogP contribution in [0.2, 0.25) is 0 Å². The summed E-state index contributed by atoms with van der Waals surface area (Å²) in [6.07, 6.45) is 2.70. The lowest BCUT2D eigenvalue weighted by Gasteiger charge is -2.22. The van der Waals surface area contributed by atoms with Crippen LogP contribution < -0.4 is 4.74 Å². The molecule has 16 heavy (non-hydrogen) atoms. The normalized spacial score (nSPS) is 20.6. The minimum atomic E-state index is -2.83. The SMILES string of the molecule is O=S1(=O)CCC(Oc2ncccc2Br)CC1. The fraction of sp³-hybridized carbons (Fsp3) is 0.500. The topological polar surface area (TPSA) is 56.3 Å². The molecule has 0 spiro atoms. The Bertz CT molecular complexity index is 461. The number of hydrogen-bond donors (Lipinski definition) is 0. The van der Waals surface area contributed by atoms with E-state index in [-0.39, 0.29) is 17.6 Å². The Morgan fingerprint density at radius 1 is 1.38 bits per heavy atom. The van der Waals surface area contributed by atoms with E-state index < -0.39 is 9.84 Å². The van der Waals surface area contributed by atoms with E-state index in [1.54, 1.807) is 6.20 Å². The van der Waals surface area contributed by atoms with Crippen molar-refractivity contribution in [3.63, 3.8) is 0 Å². The maximum atomic E-state index is 11.2. The first-order chi connectivity index (χ1) is 7.57. The molecular formula is C10H12BrNO3S. The highest BCUT2D eigenvalue weighted by atomic mass is 79.9. The van der Waals surface area contributed by atoms with E-state index in [2.05, 4.69) is 20.9 Å². The van der Waals surface area contributed by atoms with E-state index in [1.807, 2.05) is 12.1 Å². The number of aromatic nitrogens is 1. The summed E-state index contributed by atoms with van der Waals surface area (Å²) in [5.74, 6) is 0.955. The van der Waals surface area contributed by atoms with Crippen LogP contribution in [0.4, 0.5) is 0 Å². The molecule has 2 rings (SSSR count). The first-order valence-corrected chi connectivity index (χ1v) is 7.66. The first-order valence-electron chi connectivity index (χ1n) is 5.04. The molecule has 0 aromatic carbocycles. The van der Waals surface area contributed by atoms with E-state index in [1.165, 1.54) is 0 Å². The molecular weight excluding hydrogens is 294 g/mol. The lowest BCUT2D eigenvalue weighted by molar-refractivity contribution is 0.180. The van der Waals surface area contributed by atoms with Crippen LogP contribution in [0.15, 0.2) is 22.8 Å². The second-order valence-corrected chi connectivity index (χ2v) is 6.92. The second-order valence-electron chi connectivity index (χ2n) is 3.76. The summed E-state index contributed by atoms with van der Waals surface area (Å²) in [7, 11) is -2.83. The molecule has 0 atom stereocenters. The van der Waals surface area contributed by atoms with Crippen molar-refractivity contribution < 1.29 is 13.2 Å². The van der Waals surface area contributed by atoms with Gasteiger partial charge in [-0.3, -0.25) is 0 Å². The standard InChI is InChI=1S/C10H12BrNO3S/c11-9-2-1-5-12-10(9)15-8-3-6-16(13,14)7-4-8/h1-2,5,8H,3-4,6-7H2. The van der Waals surface area contributed by atoms with Gasteiger partial charge >= 0.3 is 0 Å². The number of sulfone groups is 1. The predicted molar refractivity (Wildman–Crippen MR) is 64.2 cm³/mol. The van der Waals surface area contributed by atoms with Crippen LogP contribution in [0.3, 0.4) is 0 Å². The Balaban J connectivity index is 2.00. The van der Waals surface area contributed by atoms with Crippen LogP contribution in [0.25, 0.3) is 0 Å². The molecule has 1 aromatic heterocycles. The zero-order valence-electron chi connectivity index (χ0n) is 8.60. The predicted octanol–water partition coefficient (Wildman–Crippen LogP) is 1.80. The molecule has 0 N–H and O–H groups in total. The maximum Gasteiger partial charge on any atom is 0.228 e. The van der Waals surface area contributed by atoms with Gasteiger partial charge in [-0.05, 0) is 40.9 Å². The first kappa shape index (κ1) is 11.9. The molecule has 1 aromatic rings.